The van der Waals surface area contributed by atoms with Crippen LogP contribution in [0.3, 0.4) is 0 Å². The van der Waals surface area contributed by atoms with Gasteiger partial charge in [-0.2, -0.15) is 0 Å². The molecule has 0 bridgehead atoms. The Kier molecular flexibility index (Phi) is 8.82. The molecule has 168 valence electrons. The number of benzene rings is 2. The molecule has 2 aromatic carbocycles. The van der Waals surface area contributed by atoms with Crippen LogP contribution in [0, 0.1) is 0 Å². The molecule has 1 aliphatic rings. The van der Waals surface area contributed by atoms with Crippen LogP contribution >= 0.6 is 20.7 Å². The van der Waals surface area contributed by atoms with E-state index in [-0.39, 0.29) is 12.1 Å². The van der Waals surface area contributed by atoms with E-state index in [9.17, 15) is 0 Å². The van der Waals surface area contributed by atoms with Crippen molar-refractivity contribution in [3.63, 3.8) is 0 Å². The second-order valence-electron chi connectivity index (χ2n) is 8.25. The van der Waals surface area contributed by atoms with Gasteiger partial charge >= 0.3 is 0 Å². The number of nitrogens with zero attached hydrogens (tertiary/aromatic N) is 2. The highest BCUT2D eigenvalue weighted by Gasteiger charge is 2.51. The van der Waals surface area contributed by atoms with Gasteiger partial charge < -0.3 is 15.2 Å². The molecule has 5 nitrogen and oxygen atoms in total. The Balaban J connectivity index is 1.99. The molecule has 2 unspecified atom stereocenters. The molecular weight excluding hydrogens is 423 g/mol. The summed E-state index contributed by atoms with van der Waals surface area (Å²) in [5.74, 6) is 0. The van der Waals surface area contributed by atoms with Crippen LogP contribution in [0.4, 0.5) is 0 Å². The molecule has 0 aromatic heterocycles. The van der Waals surface area contributed by atoms with E-state index in [4.69, 9.17) is 16.7 Å². The normalized spacial score (nSPS) is 22.2. The average Bonchev–Trinajstić information content (AvgIpc) is 3.13. The van der Waals surface area contributed by atoms with Crippen molar-refractivity contribution in [3.8, 4) is 0 Å². The van der Waals surface area contributed by atoms with Crippen molar-refractivity contribution in [2.75, 3.05) is 20.2 Å². The smallest absolute Gasteiger partial charge is 0.189 e. The molecular formula is C24H35N4OPS. The molecule has 1 aliphatic heterocycles. The van der Waals surface area contributed by atoms with Gasteiger partial charge in [0, 0.05) is 25.7 Å². The van der Waals surface area contributed by atoms with Gasteiger partial charge in [0.1, 0.15) is 0 Å². The first-order valence-electron chi connectivity index (χ1n) is 11.0. The van der Waals surface area contributed by atoms with Crippen LogP contribution in [0.1, 0.15) is 50.9 Å². The largest absolute Gasteiger partial charge is 0.366 e. The molecule has 2 atom stereocenters. The third kappa shape index (κ3) is 5.63. The molecule has 2 aromatic rings. The van der Waals surface area contributed by atoms with Crippen LogP contribution in [0.2, 0.25) is 0 Å². The van der Waals surface area contributed by atoms with Gasteiger partial charge in [-0.25, -0.2) is 9.34 Å². The second kappa shape index (κ2) is 11.3. The van der Waals surface area contributed by atoms with Crippen molar-refractivity contribution < 1.29 is 4.52 Å². The van der Waals surface area contributed by atoms with Gasteiger partial charge in [-0.3, -0.25) is 0 Å². The van der Waals surface area contributed by atoms with E-state index in [2.05, 4.69) is 108 Å². The zero-order valence-electron chi connectivity index (χ0n) is 19.2. The van der Waals surface area contributed by atoms with E-state index in [0.29, 0.717) is 30.3 Å². The van der Waals surface area contributed by atoms with Gasteiger partial charge in [0.15, 0.2) is 13.6 Å². The summed E-state index contributed by atoms with van der Waals surface area (Å²) in [5, 5.41) is 6.80. The molecule has 0 amide bonds. The van der Waals surface area contributed by atoms with E-state index < -0.39 is 8.45 Å². The van der Waals surface area contributed by atoms with E-state index in [1.807, 2.05) is 7.05 Å². The molecule has 0 saturated carbocycles. The van der Waals surface area contributed by atoms with Crippen molar-refractivity contribution in [1.82, 2.24) is 20.0 Å². The number of thiocarbonyl (C=S) groups is 1. The Labute approximate surface area is 194 Å². The predicted octanol–water partition coefficient (Wildman–Crippen LogP) is 5.24. The lowest BCUT2D eigenvalue weighted by Gasteiger charge is -2.34. The quantitative estimate of drug-likeness (QED) is 0.320. The zero-order chi connectivity index (χ0) is 22.4. The first-order valence-corrected chi connectivity index (χ1v) is 12.6. The van der Waals surface area contributed by atoms with Crippen LogP contribution < -0.4 is 10.6 Å². The molecule has 2 N–H and O–H groups in total. The first-order chi connectivity index (χ1) is 15.0. The maximum absolute atomic E-state index is 6.62. The standard InChI is InChI=1S/C24H35N4OPS/c1-18(2)27-22(20-12-8-6-9-13-20)23(21-14-10-7-11-15-21)28(19(3)4)30(27)29-17-16-26-24(31)25-5/h6-15,18-19,22-23H,16-17H2,1-5H3,(H2,25,26,31). The van der Waals surface area contributed by atoms with Crippen LogP contribution in [-0.4, -0.2) is 46.7 Å². The Hall–Kier alpha value is -1.56. The Morgan fingerprint density at radius 1 is 0.903 bits per heavy atom. The Morgan fingerprint density at radius 2 is 1.35 bits per heavy atom. The summed E-state index contributed by atoms with van der Waals surface area (Å²) >= 11 is 5.20. The van der Waals surface area contributed by atoms with Crippen LogP contribution in [0.5, 0.6) is 0 Å². The summed E-state index contributed by atoms with van der Waals surface area (Å²) in [6, 6.07) is 22.9. The van der Waals surface area contributed by atoms with Crippen LogP contribution in [-0.2, 0) is 4.52 Å². The lowest BCUT2D eigenvalue weighted by molar-refractivity contribution is 0.227. The average molecular weight is 459 g/mol. The number of nitrogens with one attached hydrogen (secondary N) is 2. The molecule has 0 spiro atoms. The summed E-state index contributed by atoms with van der Waals surface area (Å²) in [4.78, 5) is 0. The summed E-state index contributed by atoms with van der Waals surface area (Å²) in [5.41, 5.74) is 2.66. The Bertz CT molecular complexity index is 763. The maximum atomic E-state index is 6.62. The molecule has 31 heavy (non-hydrogen) atoms. The van der Waals surface area contributed by atoms with E-state index in [1.165, 1.54) is 11.1 Å². The summed E-state index contributed by atoms with van der Waals surface area (Å²) in [6.07, 6.45) is 0. The lowest BCUT2D eigenvalue weighted by Crippen LogP contribution is -2.35. The fourth-order valence-corrected chi connectivity index (χ4v) is 6.74. The highest BCUT2D eigenvalue weighted by molar-refractivity contribution is 7.80. The molecule has 1 saturated heterocycles. The van der Waals surface area contributed by atoms with Gasteiger partial charge in [-0.05, 0) is 51.0 Å². The number of rotatable bonds is 8. The monoisotopic (exact) mass is 458 g/mol. The molecule has 7 heteroatoms. The summed E-state index contributed by atoms with van der Waals surface area (Å²) in [7, 11) is 0.878. The second-order valence-corrected chi connectivity index (χ2v) is 10.3. The highest BCUT2D eigenvalue weighted by atomic mass is 32.1. The zero-order valence-corrected chi connectivity index (χ0v) is 20.9. The molecule has 0 radical (unpaired) electrons. The van der Waals surface area contributed by atoms with Gasteiger partial charge in [0.2, 0.25) is 0 Å². The minimum absolute atomic E-state index is 0.225. The Morgan fingerprint density at radius 3 is 1.74 bits per heavy atom. The van der Waals surface area contributed by atoms with Crippen molar-refractivity contribution in [2.24, 2.45) is 0 Å². The maximum Gasteiger partial charge on any atom is 0.189 e. The van der Waals surface area contributed by atoms with Crippen molar-refractivity contribution in [1.29, 1.82) is 0 Å². The van der Waals surface area contributed by atoms with Crippen molar-refractivity contribution in [2.45, 2.75) is 51.9 Å². The topological polar surface area (TPSA) is 39.8 Å². The summed E-state index contributed by atoms with van der Waals surface area (Å²) < 4.78 is 11.8. The number of hydrogen-bond donors (Lipinski definition) is 2. The SMILES string of the molecule is CNC(=S)NCCOP1N(C(C)C)C(c2ccccc2)C(c2ccccc2)N1C(C)C. The summed E-state index contributed by atoms with van der Waals surface area (Å²) in [6.45, 7) is 10.4. The van der Waals surface area contributed by atoms with Gasteiger partial charge in [-0.1, -0.05) is 60.7 Å². The molecule has 1 fully saturated rings. The minimum atomic E-state index is -0.949. The van der Waals surface area contributed by atoms with Gasteiger partial charge in [-0.15, -0.1) is 0 Å². The van der Waals surface area contributed by atoms with E-state index in [0.717, 1.165) is 0 Å². The molecule has 1 heterocycles. The number of hydrogen-bond acceptors (Lipinski definition) is 4. The van der Waals surface area contributed by atoms with Crippen molar-refractivity contribution in [3.05, 3.63) is 71.8 Å². The molecule has 3 rings (SSSR count). The van der Waals surface area contributed by atoms with E-state index in [1.54, 1.807) is 0 Å². The third-order valence-electron chi connectivity index (χ3n) is 5.43. The fourth-order valence-electron chi connectivity index (χ4n) is 4.14. The van der Waals surface area contributed by atoms with Crippen LogP contribution in [0.25, 0.3) is 0 Å². The van der Waals surface area contributed by atoms with Crippen LogP contribution in [0.15, 0.2) is 60.7 Å². The third-order valence-corrected chi connectivity index (χ3v) is 8.40. The van der Waals surface area contributed by atoms with Crippen molar-refractivity contribution >= 4 is 25.8 Å². The predicted molar refractivity (Wildman–Crippen MR) is 135 cm³/mol. The van der Waals surface area contributed by atoms with Gasteiger partial charge in [0.05, 0.1) is 18.7 Å². The van der Waals surface area contributed by atoms with Gasteiger partial charge in [0.25, 0.3) is 0 Å². The molecule has 0 aliphatic carbocycles. The lowest BCUT2D eigenvalue weighted by atomic mass is 9.92. The first kappa shape index (κ1) is 24.1. The van der Waals surface area contributed by atoms with E-state index >= 15 is 0 Å². The highest BCUT2D eigenvalue weighted by Crippen LogP contribution is 2.66. The fraction of sp³-hybridized carbons (Fsp3) is 0.458. The minimum Gasteiger partial charge on any atom is -0.366 e.